The van der Waals surface area contributed by atoms with Crippen molar-refractivity contribution in [1.82, 2.24) is 9.91 Å². The van der Waals surface area contributed by atoms with Crippen LogP contribution in [0.25, 0.3) is 0 Å². The molecule has 1 amide bonds. The molecular formula is C23H27N3O2. The van der Waals surface area contributed by atoms with Crippen LogP contribution in [-0.2, 0) is 4.79 Å². The van der Waals surface area contributed by atoms with Gasteiger partial charge in [0.25, 0.3) is 5.91 Å². The second-order valence-electron chi connectivity index (χ2n) is 7.48. The number of methoxy groups -OCH3 is 1. The van der Waals surface area contributed by atoms with Crippen LogP contribution in [0.3, 0.4) is 0 Å². The lowest BCUT2D eigenvalue weighted by Gasteiger charge is -2.29. The molecular weight excluding hydrogens is 350 g/mol. The monoisotopic (exact) mass is 377 g/mol. The van der Waals surface area contributed by atoms with Crippen molar-refractivity contribution in [3.05, 3.63) is 65.7 Å². The SMILES string of the molecule is COc1ccc([C@@H]2CC(c3ccccc3)=NN2C(=O)CN2CCCCC2)cc1. The van der Waals surface area contributed by atoms with Gasteiger partial charge in [-0.05, 0) is 49.2 Å². The topological polar surface area (TPSA) is 45.1 Å². The van der Waals surface area contributed by atoms with Gasteiger partial charge in [-0.1, -0.05) is 48.9 Å². The largest absolute Gasteiger partial charge is 0.497 e. The third-order valence-electron chi connectivity index (χ3n) is 5.58. The van der Waals surface area contributed by atoms with Gasteiger partial charge in [-0.15, -0.1) is 0 Å². The average molecular weight is 377 g/mol. The van der Waals surface area contributed by atoms with E-state index in [2.05, 4.69) is 17.0 Å². The number of hydrogen-bond acceptors (Lipinski definition) is 4. The maximum Gasteiger partial charge on any atom is 0.257 e. The van der Waals surface area contributed by atoms with Crippen LogP contribution in [0.15, 0.2) is 59.7 Å². The Kier molecular flexibility index (Phi) is 5.72. The van der Waals surface area contributed by atoms with Crippen LogP contribution in [0.4, 0.5) is 0 Å². The second-order valence-corrected chi connectivity index (χ2v) is 7.48. The molecule has 146 valence electrons. The average Bonchev–Trinajstić information content (AvgIpc) is 3.21. The Morgan fingerprint density at radius 1 is 1.04 bits per heavy atom. The van der Waals surface area contributed by atoms with Crippen molar-refractivity contribution in [3.8, 4) is 5.75 Å². The minimum absolute atomic E-state index is 0.0709. The molecule has 0 aliphatic carbocycles. The van der Waals surface area contributed by atoms with Gasteiger partial charge in [0, 0.05) is 6.42 Å². The Morgan fingerprint density at radius 2 is 1.75 bits per heavy atom. The van der Waals surface area contributed by atoms with Crippen molar-refractivity contribution in [2.45, 2.75) is 31.7 Å². The zero-order valence-electron chi connectivity index (χ0n) is 16.4. The number of piperidine rings is 1. The summed E-state index contributed by atoms with van der Waals surface area (Å²) in [4.78, 5) is 15.4. The Balaban J connectivity index is 1.58. The van der Waals surface area contributed by atoms with Crippen LogP contribution in [0.2, 0.25) is 0 Å². The molecule has 2 aliphatic rings. The van der Waals surface area contributed by atoms with Gasteiger partial charge in [-0.2, -0.15) is 5.10 Å². The van der Waals surface area contributed by atoms with E-state index in [0.717, 1.165) is 42.1 Å². The lowest BCUT2D eigenvalue weighted by molar-refractivity contribution is -0.134. The van der Waals surface area contributed by atoms with E-state index in [0.29, 0.717) is 6.54 Å². The van der Waals surface area contributed by atoms with E-state index in [1.165, 1.54) is 19.3 Å². The van der Waals surface area contributed by atoms with Gasteiger partial charge in [-0.25, -0.2) is 5.01 Å². The highest BCUT2D eigenvalue weighted by atomic mass is 16.5. The summed E-state index contributed by atoms with van der Waals surface area (Å²) in [6.45, 7) is 2.45. The van der Waals surface area contributed by atoms with Crippen molar-refractivity contribution in [3.63, 3.8) is 0 Å². The summed E-state index contributed by atoms with van der Waals surface area (Å²) >= 11 is 0. The van der Waals surface area contributed by atoms with E-state index in [1.807, 2.05) is 42.5 Å². The summed E-state index contributed by atoms with van der Waals surface area (Å²) in [5, 5.41) is 6.47. The number of hydrazone groups is 1. The normalized spacial score (nSPS) is 20.1. The molecule has 0 saturated carbocycles. The van der Waals surface area contributed by atoms with E-state index in [9.17, 15) is 4.79 Å². The zero-order chi connectivity index (χ0) is 19.3. The third-order valence-corrected chi connectivity index (χ3v) is 5.58. The number of carbonyl (C=O) groups excluding carboxylic acids is 1. The Hall–Kier alpha value is -2.66. The summed E-state index contributed by atoms with van der Waals surface area (Å²) < 4.78 is 5.28. The van der Waals surface area contributed by atoms with Gasteiger partial charge in [0.2, 0.25) is 0 Å². The Morgan fingerprint density at radius 3 is 2.43 bits per heavy atom. The lowest BCUT2D eigenvalue weighted by atomic mass is 9.98. The first-order chi connectivity index (χ1) is 13.7. The third kappa shape index (κ3) is 4.09. The molecule has 0 spiro atoms. The minimum Gasteiger partial charge on any atom is -0.497 e. The summed E-state index contributed by atoms with van der Waals surface area (Å²) in [5.41, 5.74) is 3.13. The molecule has 2 aliphatic heterocycles. The van der Waals surface area contributed by atoms with Gasteiger partial charge in [-0.3, -0.25) is 9.69 Å². The quantitative estimate of drug-likeness (QED) is 0.795. The van der Waals surface area contributed by atoms with Gasteiger partial charge in [0.05, 0.1) is 25.4 Å². The predicted molar refractivity (Wildman–Crippen MR) is 110 cm³/mol. The molecule has 2 aromatic rings. The van der Waals surface area contributed by atoms with Gasteiger partial charge in [0.1, 0.15) is 5.75 Å². The highest BCUT2D eigenvalue weighted by Crippen LogP contribution is 2.33. The van der Waals surface area contributed by atoms with Gasteiger partial charge >= 0.3 is 0 Å². The van der Waals surface area contributed by atoms with Crippen molar-refractivity contribution in [1.29, 1.82) is 0 Å². The molecule has 0 N–H and O–H groups in total. The standard InChI is InChI=1S/C23H27N3O2/c1-28-20-12-10-19(11-13-20)22-16-21(18-8-4-2-5-9-18)24-26(22)23(27)17-25-14-6-3-7-15-25/h2,4-5,8-13,22H,3,6-7,14-17H2,1H3/t22-/m0/s1. The summed E-state index contributed by atoms with van der Waals surface area (Å²) in [5.74, 6) is 0.894. The number of amides is 1. The molecule has 2 heterocycles. The van der Waals surface area contributed by atoms with Crippen LogP contribution < -0.4 is 4.74 Å². The molecule has 0 unspecified atom stereocenters. The fourth-order valence-corrected chi connectivity index (χ4v) is 4.01. The molecule has 1 fully saturated rings. The molecule has 0 radical (unpaired) electrons. The van der Waals surface area contributed by atoms with Crippen LogP contribution in [0.5, 0.6) is 5.75 Å². The first-order valence-electron chi connectivity index (χ1n) is 10.1. The fourth-order valence-electron chi connectivity index (χ4n) is 4.01. The van der Waals surface area contributed by atoms with Crippen LogP contribution >= 0.6 is 0 Å². The molecule has 28 heavy (non-hydrogen) atoms. The number of likely N-dealkylation sites (tertiary alicyclic amines) is 1. The molecule has 5 heteroatoms. The highest BCUT2D eigenvalue weighted by molar-refractivity contribution is 6.03. The Bertz CT molecular complexity index is 827. The molecule has 4 rings (SSSR count). The number of rotatable bonds is 5. The van der Waals surface area contributed by atoms with Crippen molar-refractivity contribution >= 4 is 11.6 Å². The summed E-state index contributed by atoms with van der Waals surface area (Å²) in [6, 6.07) is 18.0. The van der Waals surface area contributed by atoms with Gasteiger partial charge < -0.3 is 4.74 Å². The minimum atomic E-state index is -0.0709. The van der Waals surface area contributed by atoms with Crippen molar-refractivity contribution < 1.29 is 9.53 Å². The zero-order valence-corrected chi connectivity index (χ0v) is 16.4. The first-order valence-corrected chi connectivity index (χ1v) is 10.1. The second kappa shape index (κ2) is 8.57. The molecule has 0 bridgehead atoms. The highest BCUT2D eigenvalue weighted by Gasteiger charge is 2.33. The van der Waals surface area contributed by atoms with E-state index in [4.69, 9.17) is 9.84 Å². The maximum absolute atomic E-state index is 13.1. The molecule has 1 saturated heterocycles. The molecule has 1 atom stereocenters. The van der Waals surface area contributed by atoms with Crippen LogP contribution in [0, 0.1) is 0 Å². The molecule has 0 aromatic heterocycles. The molecule has 5 nitrogen and oxygen atoms in total. The van der Waals surface area contributed by atoms with Crippen molar-refractivity contribution in [2.24, 2.45) is 5.10 Å². The van der Waals surface area contributed by atoms with Crippen molar-refractivity contribution in [2.75, 3.05) is 26.7 Å². The number of hydrogen-bond donors (Lipinski definition) is 0. The van der Waals surface area contributed by atoms with Crippen LogP contribution in [-0.4, -0.2) is 48.3 Å². The van der Waals surface area contributed by atoms with E-state index < -0.39 is 0 Å². The first kappa shape index (κ1) is 18.7. The number of carbonyl (C=O) groups is 1. The molecule has 2 aromatic carbocycles. The number of benzene rings is 2. The van der Waals surface area contributed by atoms with Gasteiger partial charge in [0.15, 0.2) is 0 Å². The number of ether oxygens (including phenoxy) is 1. The van der Waals surface area contributed by atoms with E-state index in [1.54, 1.807) is 12.1 Å². The number of nitrogens with zero attached hydrogens (tertiary/aromatic N) is 3. The van der Waals surface area contributed by atoms with E-state index in [-0.39, 0.29) is 11.9 Å². The lowest BCUT2D eigenvalue weighted by Crippen LogP contribution is -2.40. The summed E-state index contributed by atoms with van der Waals surface area (Å²) in [7, 11) is 1.66. The Labute approximate surface area is 166 Å². The van der Waals surface area contributed by atoms with E-state index >= 15 is 0 Å². The summed E-state index contributed by atoms with van der Waals surface area (Å²) in [6.07, 6.45) is 4.34. The smallest absolute Gasteiger partial charge is 0.257 e. The fraction of sp³-hybridized carbons (Fsp3) is 0.391. The maximum atomic E-state index is 13.1. The van der Waals surface area contributed by atoms with Crippen LogP contribution in [0.1, 0.15) is 42.9 Å². The predicted octanol–water partition coefficient (Wildman–Crippen LogP) is 3.86.